The van der Waals surface area contributed by atoms with Crippen LogP contribution in [0, 0.1) is 25.5 Å². The predicted octanol–water partition coefficient (Wildman–Crippen LogP) is 3.42. The van der Waals surface area contributed by atoms with Crippen molar-refractivity contribution in [2.24, 2.45) is 5.73 Å². The molecule has 1 atom stereocenters. The normalized spacial score (nSPS) is 12.7. The molecule has 2 aromatic rings. The average Bonchev–Trinajstić information content (AvgIpc) is 2.56. The number of nitrogens with two attached hydrogens (primary N) is 1. The third-order valence-electron chi connectivity index (χ3n) is 2.86. The van der Waals surface area contributed by atoms with Gasteiger partial charge >= 0.3 is 0 Å². The molecule has 1 unspecified atom stereocenters. The van der Waals surface area contributed by atoms with Crippen molar-refractivity contribution < 1.29 is 13.2 Å². The molecule has 2 N–H and O–H groups in total. The highest BCUT2D eigenvalue weighted by molar-refractivity contribution is 5.27. The van der Waals surface area contributed by atoms with Crippen molar-refractivity contribution in [3.05, 3.63) is 58.5 Å². The van der Waals surface area contributed by atoms with Crippen molar-refractivity contribution >= 4 is 0 Å². The summed E-state index contributed by atoms with van der Waals surface area (Å²) >= 11 is 0. The van der Waals surface area contributed by atoms with Gasteiger partial charge in [-0.2, -0.15) is 0 Å². The second-order valence-electron chi connectivity index (χ2n) is 4.46. The summed E-state index contributed by atoms with van der Waals surface area (Å²) in [7, 11) is 0. The quantitative estimate of drug-likeness (QED) is 0.907. The lowest BCUT2D eigenvalue weighted by Gasteiger charge is -2.11. The summed E-state index contributed by atoms with van der Waals surface area (Å²) < 4.78 is 31.5. The highest BCUT2D eigenvalue weighted by Gasteiger charge is 2.14. The van der Waals surface area contributed by atoms with E-state index in [2.05, 4.69) is 0 Å². The molecule has 0 aliphatic carbocycles. The standard InChI is InChI=1S/C14H15F2NO/c1-8-3-13(9(2)18-8)14(17)6-10-4-11(15)7-12(16)5-10/h3-5,7,14H,6,17H2,1-2H3. The first-order valence-corrected chi connectivity index (χ1v) is 5.73. The molecule has 2 rings (SSSR count). The van der Waals surface area contributed by atoms with Crippen LogP contribution in [-0.2, 0) is 6.42 Å². The van der Waals surface area contributed by atoms with Crippen LogP contribution < -0.4 is 5.73 Å². The molecule has 4 heteroatoms. The van der Waals surface area contributed by atoms with Crippen molar-refractivity contribution in [2.75, 3.05) is 0 Å². The summed E-state index contributed by atoms with van der Waals surface area (Å²) in [6, 6.07) is 4.97. The molecule has 1 aromatic carbocycles. The SMILES string of the molecule is Cc1cc(C(N)Cc2cc(F)cc(F)c2)c(C)o1. The molecule has 0 fully saturated rings. The highest BCUT2D eigenvalue weighted by Crippen LogP contribution is 2.23. The molecule has 0 bridgehead atoms. The maximum absolute atomic E-state index is 13.1. The number of benzene rings is 1. The maximum atomic E-state index is 13.1. The van der Waals surface area contributed by atoms with Gasteiger partial charge in [0.05, 0.1) is 0 Å². The topological polar surface area (TPSA) is 39.2 Å². The Bertz CT molecular complexity index is 543. The van der Waals surface area contributed by atoms with Crippen LogP contribution in [0.25, 0.3) is 0 Å². The zero-order valence-corrected chi connectivity index (χ0v) is 10.3. The third-order valence-corrected chi connectivity index (χ3v) is 2.86. The van der Waals surface area contributed by atoms with Gasteiger partial charge in [0.1, 0.15) is 23.2 Å². The van der Waals surface area contributed by atoms with Crippen molar-refractivity contribution in [1.29, 1.82) is 0 Å². The second-order valence-corrected chi connectivity index (χ2v) is 4.46. The first-order chi connectivity index (χ1) is 8.45. The van der Waals surface area contributed by atoms with Gasteiger partial charge in [0.2, 0.25) is 0 Å². The summed E-state index contributed by atoms with van der Waals surface area (Å²) in [6.45, 7) is 3.67. The van der Waals surface area contributed by atoms with Crippen LogP contribution in [0.3, 0.4) is 0 Å². The fourth-order valence-electron chi connectivity index (χ4n) is 2.11. The van der Waals surface area contributed by atoms with Gasteiger partial charge in [-0.05, 0) is 44.0 Å². The van der Waals surface area contributed by atoms with Gasteiger partial charge in [-0.15, -0.1) is 0 Å². The molecule has 0 amide bonds. The van der Waals surface area contributed by atoms with E-state index in [4.69, 9.17) is 10.2 Å². The van der Waals surface area contributed by atoms with Crippen LogP contribution in [0.1, 0.15) is 28.7 Å². The number of aryl methyl sites for hydroxylation is 2. The smallest absolute Gasteiger partial charge is 0.126 e. The molecule has 0 saturated heterocycles. The van der Waals surface area contributed by atoms with E-state index in [0.29, 0.717) is 12.0 Å². The monoisotopic (exact) mass is 251 g/mol. The average molecular weight is 251 g/mol. The minimum atomic E-state index is -0.586. The Balaban J connectivity index is 2.20. The van der Waals surface area contributed by atoms with Gasteiger partial charge in [-0.1, -0.05) is 0 Å². The molecular formula is C14H15F2NO. The summed E-state index contributed by atoms with van der Waals surface area (Å²) in [6.07, 6.45) is 0.370. The molecule has 0 radical (unpaired) electrons. The number of rotatable bonds is 3. The van der Waals surface area contributed by atoms with Crippen LogP contribution in [-0.4, -0.2) is 0 Å². The van der Waals surface area contributed by atoms with Crippen molar-refractivity contribution in [1.82, 2.24) is 0 Å². The van der Waals surface area contributed by atoms with E-state index in [9.17, 15) is 8.78 Å². The summed E-state index contributed by atoms with van der Waals surface area (Å²) in [5, 5.41) is 0. The van der Waals surface area contributed by atoms with Crippen LogP contribution in [0.4, 0.5) is 8.78 Å². The highest BCUT2D eigenvalue weighted by atomic mass is 19.1. The number of hydrogen-bond donors (Lipinski definition) is 1. The Labute approximate surface area is 104 Å². The van der Waals surface area contributed by atoms with Crippen molar-refractivity contribution in [3.63, 3.8) is 0 Å². The van der Waals surface area contributed by atoms with Gasteiger partial charge < -0.3 is 10.2 Å². The molecule has 96 valence electrons. The molecule has 0 aliphatic rings. The van der Waals surface area contributed by atoms with Crippen LogP contribution in [0.15, 0.2) is 28.7 Å². The Morgan fingerprint density at radius 3 is 2.22 bits per heavy atom. The van der Waals surface area contributed by atoms with Crippen molar-refractivity contribution in [3.8, 4) is 0 Å². The Kier molecular flexibility index (Phi) is 3.48. The summed E-state index contributed by atoms with van der Waals surface area (Å²) in [5.74, 6) is 0.356. The maximum Gasteiger partial charge on any atom is 0.126 e. The van der Waals surface area contributed by atoms with E-state index in [-0.39, 0.29) is 6.04 Å². The first kappa shape index (κ1) is 12.8. The Morgan fingerprint density at radius 1 is 1.11 bits per heavy atom. The van der Waals surface area contributed by atoms with Crippen molar-refractivity contribution in [2.45, 2.75) is 26.3 Å². The Morgan fingerprint density at radius 2 is 1.72 bits per heavy atom. The summed E-state index contributed by atoms with van der Waals surface area (Å²) in [5.41, 5.74) is 7.45. The number of hydrogen-bond acceptors (Lipinski definition) is 2. The summed E-state index contributed by atoms with van der Waals surface area (Å²) in [4.78, 5) is 0. The second kappa shape index (κ2) is 4.90. The van der Waals surface area contributed by atoms with Crippen LogP contribution in [0.5, 0.6) is 0 Å². The van der Waals surface area contributed by atoms with Gasteiger partial charge in [0.25, 0.3) is 0 Å². The lowest BCUT2D eigenvalue weighted by molar-refractivity contribution is 0.497. The fraction of sp³-hybridized carbons (Fsp3) is 0.286. The number of furan rings is 1. The van der Waals surface area contributed by atoms with E-state index in [1.54, 1.807) is 0 Å². The largest absolute Gasteiger partial charge is 0.466 e. The van der Waals surface area contributed by atoms with E-state index >= 15 is 0 Å². The molecule has 18 heavy (non-hydrogen) atoms. The van der Waals surface area contributed by atoms with E-state index < -0.39 is 11.6 Å². The molecular weight excluding hydrogens is 236 g/mol. The molecule has 1 aromatic heterocycles. The predicted molar refractivity (Wildman–Crippen MR) is 65.2 cm³/mol. The van der Waals surface area contributed by atoms with E-state index in [1.165, 1.54) is 12.1 Å². The zero-order chi connectivity index (χ0) is 13.3. The van der Waals surface area contributed by atoms with Crippen LogP contribution in [0.2, 0.25) is 0 Å². The minimum absolute atomic E-state index is 0.330. The van der Waals surface area contributed by atoms with Gasteiger partial charge in [0, 0.05) is 17.7 Å². The molecule has 0 spiro atoms. The molecule has 2 nitrogen and oxygen atoms in total. The molecule has 0 saturated carbocycles. The van der Waals surface area contributed by atoms with E-state index in [1.807, 2.05) is 19.9 Å². The van der Waals surface area contributed by atoms with Gasteiger partial charge in [0.15, 0.2) is 0 Å². The lowest BCUT2D eigenvalue weighted by atomic mass is 10.00. The van der Waals surface area contributed by atoms with Gasteiger partial charge in [-0.3, -0.25) is 0 Å². The Hall–Kier alpha value is -1.68. The first-order valence-electron chi connectivity index (χ1n) is 5.73. The number of halogens is 2. The fourth-order valence-corrected chi connectivity index (χ4v) is 2.11. The minimum Gasteiger partial charge on any atom is -0.466 e. The van der Waals surface area contributed by atoms with Gasteiger partial charge in [-0.25, -0.2) is 8.78 Å². The molecule has 0 aliphatic heterocycles. The van der Waals surface area contributed by atoms with Crippen LogP contribution >= 0.6 is 0 Å². The lowest BCUT2D eigenvalue weighted by Crippen LogP contribution is -2.13. The third kappa shape index (κ3) is 2.76. The van der Waals surface area contributed by atoms with E-state index in [0.717, 1.165) is 23.2 Å². The molecule has 1 heterocycles. The zero-order valence-electron chi connectivity index (χ0n) is 10.3.